The molecule has 2 unspecified atom stereocenters. The molecule has 7 rings (SSSR count). The number of rotatable bonds is 18. The monoisotopic (exact) mass is 795 g/mol. The molecule has 2 saturated heterocycles. The molecule has 11 nitrogen and oxygen atoms in total. The number of quaternary nitrogens is 1. The van der Waals surface area contributed by atoms with E-state index in [1.54, 1.807) is 0 Å². The van der Waals surface area contributed by atoms with E-state index in [1.807, 2.05) is 152 Å². The molecule has 5 aromatic carbocycles. The van der Waals surface area contributed by atoms with Crippen LogP contribution in [0.3, 0.4) is 0 Å². The Kier molecular flexibility index (Phi) is 14.6. The van der Waals surface area contributed by atoms with Gasteiger partial charge in [-0.3, -0.25) is 4.18 Å². The van der Waals surface area contributed by atoms with Crippen molar-refractivity contribution in [2.45, 2.75) is 69.3 Å². The van der Waals surface area contributed by atoms with Gasteiger partial charge in [0, 0.05) is 5.56 Å². The summed E-state index contributed by atoms with van der Waals surface area (Å²) in [7, 11) is -5.09. The average molecular weight is 796 g/mol. The van der Waals surface area contributed by atoms with Gasteiger partial charge in [0.25, 0.3) is 0 Å². The van der Waals surface area contributed by atoms with E-state index >= 15 is 0 Å². The van der Waals surface area contributed by atoms with Gasteiger partial charge in [-0.25, -0.2) is 8.42 Å². The standard InChI is InChI=1S/C45H49NO10S/c47-57(48,49)56-42-33-54-45(38-24-14-5-15-25-38)55-40(42)26-46-27-41(51-29-35-18-8-2-9-19-35)44(53-31-37-22-12-4-13-23-37)43(52-30-36-20-10-3-11-21-36)39(46)32-50-28-34-16-6-1-7-17-34/h1-25,39-45H,26-33H2,(H,47,48,49)/t39-,40+,41+,42-,43-,44-,45?/m1/s1. The fourth-order valence-electron chi connectivity index (χ4n) is 7.44. The average Bonchev–Trinajstić information content (AvgIpc) is 3.24. The maximum atomic E-state index is 12.0. The molecule has 2 heterocycles. The summed E-state index contributed by atoms with van der Waals surface area (Å²) in [6, 6.07) is 48.8. The van der Waals surface area contributed by atoms with E-state index in [4.69, 9.17) is 32.6 Å². The number of ether oxygens (including phenoxy) is 6. The van der Waals surface area contributed by atoms with Gasteiger partial charge in [0.05, 0.1) is 33.0 Å². The lowest BCUT2D eigenvalue weighted by Crippen LogP contribution is -3.22. The zero-order chi connectivity index (χ0) is 39.3. The van der Waals surface area contributed by atoms with Crippen LogP contribution < -0.4 is 4.90 Å². The van der Waals surface area contributed by atoms with Gasteiger partial charge in [0.2, 0.25) is 10.4 Å². The molecule has 0 aromatic heterocycles. The van der Waals surface area contributed by atoms with Crippen LogP contribution in [0.4, 0.5) is 0 Å². The van der Waals surface area contributed by atoms with Crippen molar-refractivity contribution in [1.29, 1.82) is 0 Å². The minimum Gasteiger partial charge on any atom is -0.726 e. The summed E-state index contributed by atoms with van der Waals surface area (Å²) in [4.78, 5) is 0.953. The fraction of sp³-hybridized carbons (Fsp3) is 0.333. The second-order valence-electron chi connectivity index (χ2n) is 14.3. The summed E-state index contributed by atoms with van der Waals surface area (Å²) in [5, 5.41) is 0. The molecule has 57 heavy (non-hydrogen) atoms. The topological polar surface area (TPSA) is 126 Å². The summed E-state index contributed by atoms with van der Waals surface area (Å²) >= 11 is 0. The smallest absolute Gasteiger partial charge is 0.218 e. The molecule has 300 valence electrons. The third-order valence-corrected chi connectivity index (χ3v) is 10.7. The largest absolute Gasteiger partial charge is 0.726 e. The van der Waals surface area contributed by atoms with E-state index in [1.165, 1.54) is 0 Å². The van der Waals surface area contributed by atoms with Gasteiger partial charge in [-0.05, 0) is 22.3 Å². The normalized spacial score (nSPS) is 25.2. The van der Waals surface area contributed by atoms with Crippen LogP contribution in [-0.4, -0.2) is 75.8 Å². The van der Waals surface area contributed by atoms with E-state index < -0.39 is 47.2 Å². The minimum atomic E-state index is -5.09. The Morgan fingerprint density at radius 1 is 0.596 bits per heavy atom. The van der Waals surface area contributed by atoms with Crippen molar-refractivity contribution in [3.63, 3.8) is 0 Å². The lowest BCUT2D eigenvalue weighted by molar-refractivity contribution is -0.943. The maximum absolute atomic E-state index is 12.0. The minimum absolute atomic E-state index is 0.168. The molecule has 0 bridgehead atoms. The van der Waals surface area contributed by atoms with Crippen LogP contribution >= 0.6 is 0 Å². The van der Waals surface area contributed by atoms with Gasteiger partial charge in [-0.1, -0.05) is 152 Å². The highest BCUT2D eigenvalue weighted by Gasteiger charge is 2.51. The number of piperidine rings is 1. The lowest BCUT2D eigenvalue weighted by Gasteiger charge is -2.47. The van der Waals surface area contributed by atoms with Crippen LogP contribution in [-0.2, 0) is 69.4 Å². The first-order valence-electron chi connectivity index (χ1n) is 19.3. The van der Waals surface area contributed by atoms with E-state index in [0.717, 1.165) is 32.7 Å². The van der Waals surface area contributed by atoms with Crippen LogP contribution in [0.15, 0.2) is 152 Å². The van der Waals surface area contributed by atoms with E-state index in [-0.39, 0.29) is 25.8 Å². The molecule has 2 aliphatic heterocycles. The quantitative estimate of drug-likeness (QED) is 0.0937. The maximum Gasteiger partial charge on any atom is 0.218 e. The second-order valence-corrected chi connectivity index (χ2v) is 15.3. The SMILES string of the molecule is O=S(=O)([O-])O[C@@H]1COC(c2ccccc2)O[C@H]1C[NH+]1C[C@H](OCc2ccccc2)[C@@H](OCc2ccccc2)[C@H](OCc2ccccc2)[C@H]1COCc1ccccc1. The lowest BCUT2D eigenvalue weighted by atomic mass is 9.92. The predicted octanol–water partition coefficient (Wildman–Crippen LogP) is 5.19. The van der Waals surface area contributed by atoms with Crippen LogP contribution in [0.1, 0.15) is 34.1 Å². The zero-order valence-electron chi connectivity index (χ0n) is 31.6. The van der Waals surface area contributed by atoms with Crippen molar-refractivity contribution in [2.75, 3.05) is 26.3 Å². The third-order valence-electron chi connectivity index (χ3n) is 10.3. The fourth-order valence-corrected chi connectivity index (χ4v) is 7.92. The van der Waals surface area contributed by atoms with Crippen molar-refractivity contribution in [3.8, 4) is 0 Å². The molecule has 1 N–H and O–H groups in total. The van der Waals surface area contributed by atoms with Crippen LogP contribution in [0.2, 0.25) is 0 Å². The van der Waals surface area contributed by atoms with Gasteiger partial charge in [0.15, 0.2) is 6.29 Å². The first-order valence-corrected chi connectivity index (χ1v) is 20.6. The highest BCUT2D eigenvalue weighted by Crippen LogP contribution is 2.29. The number of benzene rings is 5. The molecule has 2 fully saturated rings. The third kappa shape index (κ3) is 12.1. The number of likely N-dealkylation sites (tertiary alicyclic amines) is 1. The Bertz CT molecular complexity index is 2010. The number of nitrogens with one attached hydrogen (secondary N) is 1. The van der Waals surface area contributed by atoms with E-state index in [9.17, 15) is 13.0 Å². The first-order chi connectivity index (χ1) is 27.9. The van der Waals surface area contributed by atoms with E-state index in [0.29, 0.717) is 33.0 Å². The molecular formula is C45H49NO10S. The summed E-state index contributed by atoms with van der Waals surface area (Å²) in [6.45, 7) is 2.05. The van der Waals surface area contributed by atoms with Gasteiger partial charge in [-0.2, -0.15) is 0 Å². The summed E-state index contributed by atoms with van der Waals surface area (Å²) < 4.78 is 80.7. The molecule has 5 aromatic rings. The predicted molar refractivity (Wildman–Crippen MR) is 210 cm³/mol. The molecule has 0 amide bonds. The molecule has 0 spiro atoms. The molecule has 8 atom stereocenters. The Morgan fingerprint density at radius 2 is 1.07 bits per heavy atom. The zero-order valence-corrected chi connectivity index (χ0v) is 32.4. The summed E-state index contributed by atoms with van der Waals surface area (Å²) in [5.74, 6) is 0. The van der Waals surface area contributed by atoms with Crippen molar-refractivity contribution >= 4 is 10.4 Å². The summed E-state index contributed by atoms with van der Waals surface area (Å²) in [5.41, 5.74) is 4.78. The summed E-state index contributed by atoms with van der Waals surface area (Å²) in [6.07, 6.45) is -4.45. The molecule has 0 radical (unpaired) electrons. The highest BCUT2D eigenvalue weighted by molar-refractivity contribution is 7.80. The Morgan fingerprint density at radius 3 is 1.60 bits per heavy atom. The van der Waals surface area contributed by atoms with Gasteiger partial charge >= 0.3 is 0 Å². The number of hydrogen-bond donors (Lipinski definition) is 1. The van der Waals surface area contributed by atoms with Crippen molar-refractivity contribution < 1.29 is 50.5 Å². The Hall–Kier alpha value is -4.31. The highest BCUT2D eigenvalue weighted by atomic mass is 32.3. The molecule has 0 aliphatic carbocycles. The van der Waals surface area contributed by atoms with Crippen molar-refractivity contribution in [1.82, 2.24) is 0 Å². The van der Waals surface area contributed by atoms with Gasteiger partial charge in [0.1, 0.15) is 56.3 Å². The van der Waals surface area contributed by atoms with Crippen LogP contribution in [0, 0.1) is 0 Å². The van der Waals surface area contributed by atoms with Gasteiger partial charge < -0.3 is 37.9 Å². The number of hydrogen-bond acceptors (Lipinski definition) is 10. The van der Waals surface area contributed by atoms with Crippen molar-refractivity contribution in [2.24, 2.45) is 0 Å². The first kappa shape index (κ1) is 40.9. The second kappa shape index (κ2) is 20.4. The molecular weight excluding hydrogens is 747 g/mol. The molecule has 0 saturated carbocycles. The molecule has 2 aliphatic rings. The van der Waals surface area contributed by atoms with Crippen LogP contribution in [0.5, 0.6) is 0 Å². The van der Waals surface area contributed by atoms with Gasteiger partial charge in [-0.15, -0.1) is 0 Å². The van der Waals surface area contributed by atoms with Crippen LogP contribution in [0.25, 0.3) is 0 Å². The Labute approximate surface area is 335 Å². The van der Waals surface area contributed by atoms with E-state index in [2.05, 4.69) is 0 Å². The van der Waals surface area contributed by atoms with Crippen molar-refractivity contribution in [3.05, 3.63) is 179 Å². The molecule has 12 heteroatoms. The Balaban J connectivity index is 1.24.